The van der Waals surface area contributed by atoms with Crippen molar-refractivity contribution in [2.24, 2.45) is 7.05 Å². The van der Waals surface area contributed by atoms with Gasteiger partial charge in [0.2, 0.25) is 5.91 Å². The van der Waals surface area contributed by atoms with Gasteiger partial charge < -0.3 is 15.0 Å². The number of nitrogens with zero attached hydrogens (tertiary/aromatic N) is 4. The molecule has 2 unspecified atom stereocenters. The predicted molar refractivity (Wildman–Crippen MR) is 140 cm³/mol. The minimum Gasteiger partial charge on any atom is -0.373 e. The van der Waals surface area contributed by atoms with Gasteiger partial charge in [-0.3, -0.25) is 14.2 Å². The van der Waals surface area contributed by atoms with Gasteiger partial charge in [-0.15, -0.1) is 0 Å². The normalized spacial score (nSPS) is 19.3. The molecule has 2 atom stereocenters. The van der Waals surface area contributed by atoms with Crippen molar-refractivity contribution in [3.63, 3.8) is 0 Å². The number of pyridine rings is 1. The molecule has 38 heavy (non-hydrogen) atoms. The van der Waals surface area contributed by atoms with Gasteiger partial charge in [0, 0.05) is 34.7 Å². The molecule has 1 amide bonds. The van der Waals surface area contributed by atoms with Crippen LogP contribution in [0.15, 0.2) is 35.4 Å². The van der Waals surface area contributed by atoms with Crippen LogP contribution in [0.4, 0.5) is 19.0 Å². The summed E-state index contributed by atoms with van der Waals surface area (Å²) < 4.78 is 44.6. The van der Waals surface area contributed by atoms with E-state index in [1.54, 1.807) is 39.1 Å². The number of anilines is 1. The average Bonchev–Trinajstić information content (AvgIpc) is 2.90. The monoisotopic (exact) mass is 529 g/mol. The van der Waals surface area contributed by atoms with Crippen LogP contribution in [0.2, 0.25) is 0 Å². The van der Waals surface area contributed by atoms with Gasteiger partial charge in [0.15, 0.2) is 0 Å². The lowest BCUT2D eigenvalue weighted by Crippen LogP contribution is -2.53. The Labute approximate surface area is 220 Å². The highest BCUT2D eigenvalue weighted by Crippen LogP contribution is 2.38. The molecule has 0 bridgehead atoms. The van der Waals surface area contributed by atoms with Crippen molar-refractivity contribution in [3.8, 4) is 0 Å². The number of benzene rings is 1. The number of amides is 1. The summed E-state index contributed by atoms with van der Waals surface area (Å²) in [5.74, 6) is -0.740. The van der Waals surface area contributed by atoms with Crippen LogP contribution in [0.1, 0.15) is 49.8 Å². The summed E-state index contributed by atoms with van der Waals surface area (Å²) in [6.45, 7) is 3.65. The minimum absolute atomic E-state index is 0.0838. The molecule has 4 rings (SSSR count). The Kier molecular flexibility index (Phi) is 9.19. The first-order chi connectivity index (χ1) is 18.0. The summed E-state index contributed by atoms with van der Waals surface area (Å²) in [5, 5.41) is 3.75. The molecular formula is C26H31BF3N5O3. The van der Waals surface area contributed by atoms with Gasteiger partial charge in [-0.2, -0.15) is 0 Å². The van der Waals surface area contributed by atoms with E-state index in [4.69, 9.17) is 12.6 Å². The molecule has 1 aliphatic rings. The Bertz CT molecular complexity index is 1370. The molecule has 0 saturated carbocycles. The fourth-order valence-electron chi connectivity index (χ4n) is 4.78. The Morgan fingerprint density at radius 2 is 2.05 bits per heavy atom. The number of nitrogens with one attached hydrogen (secondary N) is 1. The van der Waals surface area contributed by atoms with Crippen molar-refractivity contribution in [2.45, 2.75) is 51.1 Å². The van der Waals surface area contributed by atoms with Gasteiger partial charge in [0.25, 0.3) is 12.0 Å². The molecule has 8 nitrogen and oxygen atoms in total. The molecule has 202 valence electrons. The number of hydrogen-bond acceptors (Lipinski definition) is 6. The number of fused-ring (bicyclic) bond motifs is 1. The Balaban J connectivity index is 0.000000279. The first-order valence-electron chi connectivity index (χ1n) is 12.2. The molecule has 3 heterocycles. The minimum atomic E-state index is -2.73. The smallest absolute Gasteiger partial charge is 0.266 e. The predicted octanol–water partition coefficient (Wildman–Crippen LogP) is 3.67. The van der Waals surface area contributed by atoms with E-state index in [0.29, 0.717) is 48.4 Å². The highest BCUT2D eigenvalue weighted by molar-refractivity contribution is 6.13. The van der Waals surface area contributed by atoms with Gasteiger partial charge in [-0.25, -0.2) is 23.1 Å². The molecule has 0 aliphatic carbocycles. The van der Waals surface area contributed by atoms with Crippen molar-refractivity contribution < 1.29 is 22.7 Å². The number of rotatable bonds is 5. The fraction of sp³-hybridized carbons (Fsp3) is 0.462. The number of ether oxygens (including phenoxy) is 1. The first-order valence-corrected chi connectivity index (χ1v) is 12.2. The number of aryl methyl sites for hydroxylation is 2. The SMILES string of the molecule is CCc1cccc(C(F)F)c1F.[B]C1CC(OC)(c2cc3c(NC)ncnc3n(C)c2=O)CCN1C(C)=O. The molecule has 1 saturated heterocycles. The molecular weight excluding hydrogens is 498 g/mol. The number of likely N-dealkylation sites (tertiary alicyclic amines) is 1. The number of halogens is 3. The zero-order chi connectivity index (χ0) is 28.2. The van der Waals surface area contributed by atoms with Crippen LogP contribution in [-0.2, 0) is 28.6 Å². The maximum Gasteiger partial charge on any atom is 0.266 e. The van der Waals surface area contributed by atoms with Crippen LogP contribution in [-0.4, -0.2) is 59.8 Å². The van der Waals surface area contributed by atoms with Crippen LogP contribution in [0.3, 0.4) is 0 Å². The maximum absolute atomic E-state index is 13.0. The van der Waals surface area contributed by atoms with Crippen LogP contribution in [0.5, 0.6) is 0 Å². The number of methoxy groups -OCH3 is 1. The van der Waals surface area contributed by atoms with Crippen molar-refractivity contribution in [1.29, 1.82) is 0 Å². The van der Waals surface area contributed by atoms with Crippen LogP contribution in [0.25, 0.3) is 11.0 Å². The third kappa shape index (κ3) is 5.55. The first kappa shape index (κ1) is 29.2. The van der Waals surface area contributed by atoms with Crippen LogP contribution in [0, 0.1) is 5.82 Å². The van der Waals surface area contributed by atoms with Crippen molar-refractivity contribution in [1.82, 2.24) is 19.4 Å². The third-order valence-electron chi connectivity index (χ3n) is 6.95. The van der Waals surface area contributed by atoms with E-state index in [1.807, 2.05) is 0 Å². The lowest BCUT2D eigenvalue weighted by molar-refractivity contribution is -0.137. The molecule has 3 aromatic rings. The summed E-state index contributed by atoms with van der Waals surface area (Å²) in [6.07, 6.45) is -0.0454. The number of piperidine rings is 1. The van der Waals surface area contributed by atoms with E-state index in [-0.39, 0.29) is 11.5 Å². The lowest BCUT2D eigenvalue weighted by atomic mass is 9.74. The zero-order valence-electron chi connectivity index (χ0n) is 22.1. The molecule has 12 heteroatoms. The van der Waals surface area contributed by atoms with E-state index < -0.39 is 29.3 Å². The zero-order valence-corrected chi connectivity index (χ0v) is 22.1. The van der Waals surface area contributed by atoms with E-state index in [2.05, 4.69) is 15.3 Å². The topological polar surface area (TPSA) is 89.3 Å². The molecule has 1 aromatic carbocycles. The number of alkyl halides is 2. The standard InChI is InChI=1S/C17H22BN5O3.C9H9F3/c1-10(24)23-6-5-17(26-4,8-13(23)18)12-7-11-14(19-2)20-9-21-15(11)22(3)16(12)25;1-2-6-4-3-5-7(8(6)10)9(11)12/h7,9,13H,5-6,8H2,1-4H3,(H,19,20,21);3-5,9H,2H2,1H3. The number of aromatic nitrogens is 3. The van der Waals surface area contributed by atoms with Crippen LogP contribution < -0.4 is 10.9 Å². The Morgan fingerprint density at radius 1 is 1.34 bits per heavy atom. The van der Waals surface area contributed by atoms with E-state index in [9.17, 15) is 22.8 Å². The maximum atomic E-state index is 13.0. The second-order valence-corrected chi connectivity index (χ2v) is 9.04. The number of carbonyl (C=O) groups excluding carboxylic acids is 1. The largest absolute Gasteiger partial charge is 0.373 e. The van der Waals surface area contributed by atoms with Gasteiger partial charge in [-0.1, -0.05) is 25.1 Å². The average molecular weight is 529 g/mol. The number of hydrogen-bond donors (Lipinski definition) is 1. The quantitative estimate of drug-likeness (QED) is 0.508. The summed E-state index contributed by atoms with van der Waals surface area (Å²) >= 11 is 0. The molecule has 2 radical (unpaired) electrons. The van der Waals surface area contributed by atoms with E-state index >= 15 is 0 Å². The van der Waals surface area contributed by atoms with E-state index in [1.165, 1.54) is 30.0 Å². The van der Waals surface area contributed by atoms with Crippen molar-refractivity contribution in [2.75, 3.05) is 26.0 Å². The second kappa shape index (κ2) is 12.0. The third-order valence-corrected chi connectivity index (χ3v) is 6.95. The van der Waals surface area contributed by atoms with Gasteiger partial charge in [0.05, 0.1) is 24.4 Å². The summed E-state index contributed by atoms with van der Waals surface area (Å²) in [6, 6.07) is 5.85. The summed E-state index contributed by atoms with van der Waals surface area (Å²) in [5.41, 5.74) is -0.185. The fourth-order valence-corrected chi connectivity index (χ4v) is 4.78. The van der Waals surface area contributed by atoms with Gasteiger partial charge >= 0.3 is 0 Å². The highest BCUT2D eigenvalue weighted by atomic mass is 19.3. The van der Waals surface area contributed by atoms with Crippen molar-refractivity contribution >= 4 is 30.6 Å². The Morgan fingerprint density at radius 3 is 2.61 bits per heavy atom. The van der Waals surface area contributed by atoms with Gasteiger partial charge in [0.1, 0.15) is 29.2 Å². The highest BCUT2D eigenvalue weighted by Gasteiger charge is 2.42. The molecule has 0 spiro atoms. The van der Waals surface area contributed by atoms with Crippen LogP contribution >= 0.6 is 0 Å². The van der Waals surface area contributed by atoms with Crippen molar-refractivity contribution in [3.05, 3.63) is 63.5 Å². The summed E-state index contributed by atoms with van der Waals surface area (Å²) in [7, 11) is 11.2. The Hall–Kier alpha value is -3.41. The molecule has 1 aliphatic heterocycles. The van der Waals surface area contributed by atoms with E-state index in [0.717, 1.165) is 11.5 Å². The summed E-state index contributed by atoms with van der Waals surface area (Å²) in [4.78, 5) is 34.8. The number of carbonyl (C=O) groups is 1. The van der Waals surface area contributed by atoms with Gasteiger partial charge in [-0.05, 0) is 36.8 Å². The lowest BCUT2D eigenvalue weighted by Gasteiger charge is -2.45. The second-order valence-electron chi connectivity index (χ2n) is 9.04. The molecule has 2 aromatic heterocycles. The molecule has 1 fully saturated rings. The molecule has 1 N–H and O–H groups in total.